The minimum Gasteiger partial charge on any atom is -0.451 e. The second kappa shape index (κ2) is 8.39. The minimum atomic E-state index is -0.754. The molecule has 3 aromatic rings. The molecule has 2 N–H and O–H groups in total. The van der Waals surface area contributed by atoms with E-state index >= 15 is 0 Å². The lowest BCUT2D eigenvalue weighted by Crippen LogP contribution is -2.37. The lowest BCUT2D eigenvalue weighted by atomic mass is 10.1. The molecule has 28 heavy (non-hydrogen) atoms. The van der Waals surface area contributed by atoms with Crippen molar-refractivity contribution in [2.45, 2.75) is 13.8 Å². The zero-order chi connectivity index (χ0) is 20.1. The average molecular weight is 400 g/mol. The first-order valence-corrected chi connectivity index (χ1v) is 8.98. The smallest absolute Gasteiger partial charge is 0.351 e. The summed E-state index contributed by atoms with van der Waals surface area (Å²) in [5.74, 6) is -1.47. The molecular weight excluding hydrogens is 384 g/mol. The fourth-order valence-corrected chi connectivity index (χ4v) is 3.02. The van der Waals surface area contributed by atoms with Crippen LogP contribution >= 0.6 is 11.3 Å². The van der Waals surface area contributed by atoms with Crippen molar-refractivity contribution < 1.29 is 19.1 Å². The molecule has 10 nitrogen and oxygen atoms in total. The molecule has 0 fully saturated rings. The zero-order valence-electron chi connectivity index (χ0n) is 15.0. The van der Waals surface area contributed by atoms with Gasteiger partial charge in [0, 0.05) is 5.69 Å². The Labute approximate surface area is 163 Å². The fraction of sp³-hybridized carbons (Fsp3) is 0.176. The van der Waals surface area contributed by atoms with Crippen molar-refractivity contribution in [3.63, 3.8) is 0 Å². The molecule has 1 aromatic carbocycles. The molecular formula is C17H16N6O4S. The van der Waals surface area contributed by atoms with Gasteiger partial charge >= 0.3 is 12.0 Å². The normalized spacial score (nSPS) is 10.4. The number of hydrogen-bond acceptors (Lipinski definition) is 8. The largest absolute Gasteiger partial charge is 0.451 e. The van der Waals surface area contributed by atoms with E-state index in [1.54, 1.807) is 23.6 Å². The fourth-order valence-electron chi connectivity index (χ4n) is 2.25. The third-order valence-electron chi connectivity index (χ3n) is 3.78. The van der Waals surface area contributed by atoms with Crippen molar-refractivity contribution in [2.24, 2.45) is 0 Å². The van der Waals surface area contributed by atoms with E-state index in [-0.39, 0.29) is 4.88 Å². The summed E-state index contributed by atoms with van der Waals surface area (Å²) in [6.45, 7) is 3.26. The molecule has 11 heteroatoms. The number of benzene rings is 1. The summed E-state index contributed by atoms with van der Waals surface area (Å²) in [6, 6.07) is 6.31. The summed E-state index contributed by atoms with van der Waals surface area (Å²) >= 11 is 1.12. The summed E-state index contributed by atoms with van der Waals surface area (Å²) < 4.78 is 6.28. The Morgan fingerprint density at radius 3 is 2.71 bits per heavy atom. The topological polar surface area (TPSA) is 128 Å². The molecule has 0 aliphatic carbocycles. The number of aryl methyl sites for hydroxylation is 2. The summed E-state index contributed by atoms with van der Waals surface area (Å²) in [6.07, 6.45) is 1.34. The molecule has 0 radical (unpaired) electrons. The Hall–Kier alpha value is -3.60. The monoisotopic (exact) mass is 400 g/mol. The number of rotatable bonds is 5. The molecule has 2 heterocycles. The van der Waals surface area contributed by atoms with Gasteiger partial charge in [0.05, 0.1) is 5.69 Å². The Morgan fingerprint density at radius 2 is 2.00 bits per heavy atom. The molecule has 0 spiro atoms. The molecule has 0 bridgehead atoms. The van der Waals surface area contributed by atoms with Crippen LogP contribution in [0.1, 0.15) is 20.8 Å². The summed E-state index contributed by atoms with van der Waals surface area (Å²) in [7, 11) is 0. The quantitative estimate of drug-likeness (QED) is 0.625. The highest BCUT2D eigenvalue weighted by atomic mass is 32.1. The van der Waals surface area contributed by atoms with Crippen molar-refractivity contribution in [1.29, 1.82) is 0 Å². The van der Waals surface area contributed by atoms with Crippen molar-refractivity contribution in [3.05, 3.63) is 52.0 Å². The lowest BCUT2D eigenvalue weighted by molar-refractivity contribution is -0.123. The van der Waals surface area contributed by atoms with E-state index in [1.165, 1.54) is 11.0 Å². The van der Waals surface area contributed by atoms with Gasteiger partial charge in [0.25, 0.3) is 5.91 Å². The second-order valence-corrected chi connectivity index (χ2v) is 6.68. The van der Waals surface area contributed by atoms with E-state index in [4.69, 9.17) is 4.74 Å². The highest BCUT2D eigenvalue weighted by Crippen LogP contribution is 2.21. The molecule has 0 atom stereocenters. The van der Waals surface area contributed by atoms with Crippen LogP contribution in [0.4, 0.5) is 10.5 Å². The maximum Gasteiger partial charge on any atom is 0.351 e. The number of esters is 1. The maximum absolute atomic E-state index is 12.2. The molecule has 0 saturated heterocycles. The van der Waals surface area contributed by atoms with Crippen LogP contribution in [0, 0.1) is 13.8 Å². The number of hydrogen-bond donors (Lipinski definition) is 2. The van der Waals surface area contributed by atoms with Gasteiger partial charge in [0.2, 0.25) is 0 Å². The van der Waals surface area contributed by atoms with Gasteiger partial charge in [0.1, 0.15) is 11.2 Å². The summed E-state index contributed by atoms with van der Waals surface area (Å²) in [5, 5.41) is 17.0. The summed E-state index contributed by atoms with van der Waals surface area (Å²) in [4.78, 5) is 36.2. The van der Waals surface area contributed by atoms with Crippen LogP contribution in [-0.4, -0.2) is 44.7 Å². The SMILES string of the molecule is Cc1ccc(NC(=O)NC(=O)COC(=O)c2sccc2-n2cnnn2)cc1C. The number of amides is 3. The number of carbonyl (C=O) groups is 3. The molecule has 0 saturated carbocycles. The first-order chi connectivity index (χ1) is 13.4. The van der Waals surface area contributed by atoms with Gasteiger partial charge in [-0.15, -0.1) is 16.4 Å². The predicted octanol–water partition coefficient (Wildman–Crippen LogP) is 1.85. The molecule has 2 aromatic heterocycles. The number of imide groups is 1. The number of tetrazole rings is 1. The Kier molecular flexibility index (Phi) is 5.75. The predicted molar refractivity (Wildman–Crippen MR) is 100 cm³/mol. The van der Waals surface area contributed by atoms with Gasteiger partial charge < -0.3 is 10.1 Å². The van der Waals surface area contributed by atoms with E-state index in [0.717, 1.165) is 22.5 Å². The van der Waals surface area contributed by atoms with Gasteiger partial charge in [-0.2, -0.15) is 4.68 Å². The number of ether oxygens (including phenoxy) is 1. The number of aromatic nitrogens is 4. The van der Waals surface area contributed by atoms with Crippen LogP contribution < -0.4 is 10.6 Å². The first kappa shape index (κ1) is 19.2. The van der Waals surface area contributed by atoms with Crippen LogP contribution in [0.15, 0.2) is 36.0 Å². The zero-order valence-corrected chi connectivity index (χ0v) is 15.8. The van der Waals surface area contributed by atoms with Gasteiger partial charge in [-0.1, -0.05) is 6.07 Å². The number of anilines is 1. The molecule has 3 amide bonds. The van der Waals surface area contributed by atoms with Crippen molar-refractivity contribution in [1.82, 2.24) is 25.5 Å². The number of nitrogens with zero attached hydrogens (tertiary/aromatic N) is 4. The average Bonchev–Trinajstić information content (AvgIpc) is 3.33. The van der Waals surface area contributed by atoms with Crippen LogP contribution in [0.2, 0.25) is 0 Å². The Bertz CT molecular complexity index is 1010. The Balaban J connectivity index is 1.51. The van der Waals surface area contributed by atoms with Gasteiger partial charge in [0.15, 0.2) is 6.61 Å². The van der Waals surface area contributed by atoms with Crippen LogP contribution in [-0.2, 0) is 9.53 Å². The van der Waals surface area contributed by atoms with Crippen LogP contribution in [0.25, 0.3) is 5.69 Å². The first-order valence-electron chi connectivity index (χ1n) is 8.10. The van der Waals surface area contributed by atoms with Gasteiger partial charge in [-0.25, -0.2) is 9.59 Å². The molecule has 144 valence electrons. The van der Waals surface area contributed by atoms with Crippen molar-refractivity contribution in [2.75, 3.05) is 11.9 Å². The standard InChI is InChI=1S/C17H16N6O4S/c1-10-3-4-12(7-11(10)2)19-17(26)20-14(24)8-27-16(25)15-13(5-6-28-15)23-9-18-21-22-23/h3-7,9H,8H2,1-2H3,(H2,19,20,24,26). The molecule has 0 aliphatic rings. The third-order valence-corrected chi connectivity index (χ3v) is 4.66. The van der Waals surface area contributed by atoms with E-state index < -0.39 is 24.5 Å². The maximum atomic E-state index is 12.2. The molecule has 0 aliphatic heterocycles. The minimum absolute atomic E-state index is 0.236. The number of carbonyl (C=O) groups excluding carboxylic acids is 3. The van der Waals surface area contributed by atoms with Crippen LogP contribution in [0.5, 0.6) is 0 Å². The highest BCUT2D eigenvalue weighted by Gasteiger charge is 2.19. The van der Waals surface area contributed by atoms with E-state index in [0.29, 0.717) is 11.4 Å². The second-order valence-electron chi connectivity index (χ2n) is 5.77. The van der Waals surface area contributed by atoms with Crippen molar-refractivity contribution in [3.8, 4) is 5.69 Å². The van der Waals surface area contributed by atoms with Gasteiger partial charge in [-0.3, -0.25) is 10.1 Å². The number of thiophene rings is 1. The molecule has 3 rings (SSSR count). The Morgan fingerprint density at radius 1 is 1.18 bits per heavy atom. The van der Waals surface area contributed by atoms with E-state index in [1.807, 2.05) is 19.9 Å². The third kappa shape index (κ3) is 4.57. The lowest BCUT2D eigenvalue weighted by Gasteiger charge is -2.09. The van der Waals surface area contributed by atoms with Gasteiger partial charge in [-0.05, 0) is 59.0 Å². The highest BCUT2D eigenvalue weighted by molar-refractivity contribution is 7.12. The van der Waals surface area contributed by atoms with E-state index in [9.17, 15) is 14.4 Å². The number of urea groups is 1. The molecule has 0 unspecified atom stereocenters. The van der Waals surface area contributed by atoms with Crippen molar-refractivity contribution >= 4 is 34.9 Å². The number of nitrogens with one attached hydrogen (secondary N) is 2. The summed E-state index contributed by atoms with van der Waals surface area (Å²) in [5.41, 5.74) is 3.08. The van der Waals surface area contributed by atoms with E-state index in [2.05, 4.69) is 26.2 Å². The van der Waals surface area contributed by atoms with Crippen LogP contribution in [0.3, 0.4) is 0 Å².